The van der Waals surface area contributed by atoms with E-state index in [-0.39, 0.29) is 40.7 Å². The molecule has 0 radical (unpaired) electrons. The predicted octanol–water partition coefficient (Wildman–Crippen LogP) is -1.02. The molecule has 5 nitrogen and oxygen atoms in total. The SMILES string of the molecule is [2H][13C]([2H])([2H])[N+]1(CC2CC2)CC[C@]23c4c5ccc(OC)c4O[C@H]2C(=O)CC[C@@]3(O)[C@H]1C5.[I-]. The molecule has 3 fully saturated rings. The summed E-state index contributed by atoms with van der Waals surface area (Å²) >= 11 is 0. The summed E-state index contributed by atoms with van der Waals surface area (Å²) in [6.45, 7) is -1.20. The van der Waals surface area contributed by atoms with Gasteiger partial charge in [0.2, 0.25) is 0 Å². The molecule has 1 aromatic rings. The van der Waals surface area contributed by atoms with Gasteiger partial charge < -0.3 is 43.0 Å². The Balaban J connectivity index is 0.00000204. The Kier molecular flexibility index (Phi) is 3.32. The van der Waals surface area contributed by atoms with Crippen molar-refractivity contribution in [3.8, 4) is 11.5 Å². The molecule has 6 heteroatoms. The second kappa shape index (κ2) is 5.85. The van der Waals surface area contributed by atoms with Crippen molar-refractivity contribution in [1.82, 2.24) is 0 Å². The number of nitrogens with zero attached hydrogens (tertiary/aromatic N) is 1. The molecule has 1 unspecified atom stereocenters. The van der Waals surface area contributed by atoms with Gasteiger partial charge in [0.15, 0.2) is 23.4 Å². The van der Waals surface area contributed by atoms with Crippen molar-refractivity contribution in [2.75, 3.05) is 27.2 Å². The zero-order chi connectivity index (χ0) is 21.1. The van der Waals surface area contributed by atoms with E-state index in [1.165, 1.54) is 0 Å². The average molecular weight is 501 g/mol. The quantitative estimate of drug-likeness (QED) is 0.328. The Labute approximate surface area is 187 Å². The van der Waals surface area contributed by atoms with Crippen molar-refractivity contribution in [2.45, 2.75) is 61.7 Å². The Morgan fingerprint density at radius 2 is 2.21 bits per heavy atom. The monoisotopic (exact) mass is 501 g/mol. The van der Waals surface area contributed by atoms with Crippen LogP contribution in [0, 0.1) is 5.92 Å². The molecule has 28 heavy (non-hydrogen) atoms. The number of hydrogen-bond donors (Lipinski definition) is 1. The van der Waals surface area contributed by atoms with Gasteiger partial charge in [-0.1, -0.05) is 6.07 Å². The number of hydrogen-bond acceptors (Lipinski definition) is 4. The molecule has 2 aliphatic heterocycles. The van der Waals surface area contributed by atoms with Crippen LogP contribution in [0.25, 0.3) is 0 Å². The molecule has 3 aliphatic carbocycles. The minimum atomic E-state index is -2.21. The highest BCUT2D eigenvalue weighted by Crippen LogP contribution is 2.66. The van der Waals surface area contributed by atoms with Gasteiger partial charge in [0.1, 0.15) is 11.6 Å². The van der Waals surface area contributed by atoms with Crippen LogP contribution in [0.3, 0.4) is 0 Å². The fraction of sp³-hybridized carbons (Fsp3) is 0.682. The molecule has 1 spiro atoms. The molecule has 6 rings (SSSR count). The van der Waals surface area contributed by atoms with Crippen molar-refractivity contribution in [3.05, 3.63) is 23.3 Å². The molecule has 1 saturated heterocycles. The van der Waals surface area contributed by atoms with Crippen LogP contribution in [0.2, 0.25) is 0 Å². The van der Waals surface area contributed by atoms with Gasteiger partial charge in [0, 0.05) is 30.7 Å². The first kappa shape index (κ1) is 15.9. The summed E-state index contributed by atoms with van der Waals surface area (Å²) in [6.07, 6.45) is 2.81. The van der Waals surface area contributed by atoms with Crippen LogP contribution in [0.15, 0.2) is 12.1 Å². The number of likely N-dealkylation sites (tertiary alicyclic amines) is 1. The fourth-order valence-electron chi connectivity index (χ4n) is 6.75. The normalized spacial score (nSPS) is 44.4. The first-order chi connectivity index (χ1) is 14.2. The van der Waals surface area contributed by atoms with Crippen LogP contribution in [-0.2, 0) is 16.6 Å². The lowest BCUT2D eigenvalue weighted by molar-refractivity contribution is -0.950. The van der Waals surface area contributed by atoms with E-state index < -0.39 is 30.1 Å². The summed E-state index contributed by atoms with van der Waals surface area (Å²) in [5, 5.41) is 12.4. The van der Waals surface area contributed by atoms with Crippen LogP contribution >= 0.6 is 0 Å². The largest absolute Gasteiger partial charge is 1.00 e. The van der Waals surface area contributed by atoms with E-state index in [2.05, 4.69) is 0 Å². The number of carbonyl (C=O) groups is 1. The number of carbonyl (C=O) groups excluding carboxylic acids is 1. The van der Waals surface area contributed by atoms with E-state index in [9.17, 15) is 9.90 Å². The number of benzene rings is 1. The Hall–Kier alpha value is -0.860. The Morgan fingerprint density at radius 1 is 1.39 bits per heavy atom. The maximum atomic E-state index is 13.0. The molecule has 2 saturated carbocycles. The summed E-state index contributed by atoms with van der Waals surface area (Å²) in [7, 11) is 1.58. The van der Waals surface area contributed by atoms with Crippen molar-refractivity contribution in [2.24, 2.45) is 5.92 Å². The lowest BCUT2D eigenvalue weighted by atomic mass is 9.48. The summed E-state index contributed by atoms with van der Waals surface area (Å²) < 4.78 is 37.3. The smallest absolute Gasteiger partial charge is 0.174 e. The van der Waals surface area contributed by atoms with Gasteiger partial charge in [-0.15, -0.1) is 0 Å². The average Bonchev–Trinajstić information content (AvgIpc) is 3.42. The summed E-state index contributed by atoms with van der Waals surface area (Å²) in [4.78, 5) is 13.0. The van der Waals surface area contributed by atoms with Crippen LogP contribution in [0.1, 0.15) is 47.3 Å². The molecule has 0 amide bonds. The molecule has 5 aliphatic rings. The van der Waals surface area contributed by atoms with Crippen LogP contribution in [-0.4, -0.2) is 60.3 Å². The van der Waals surface area contributed by atoms with Crippen LogP contribution < -0.4 is 33.5 Å². The van der Waals surface area contributed by atoms with Crippen molar-refractivity contribution < 1.29 is 51.9 Å². The zero-order valence-electron chi connectivity index (χ0n) is 19.0. The zero-order valence-corrected chi connectivity index (χ0v) is 18.2. The van der Waals surface area contributed by atoms with E-state index in [0.29, 0.717) is 49.8 Å². The van der Waals surface area contributed by atoms with Gasteiger partial charge in [0.25, 0.3) is 0 Å². The van der Waals surface area contributed by atoms with E-state index in [1.807, 2.05) is 12.1 Å². The summed E-state index contributed by atoms with van der Waals surface area (Å²) in [6, 6.07) is 3.36. The molecule has 2 bridgehead atoms. The number of Topliss-reactive ketones (excluding diaryl/α,β-unsaturated/α-hetero) is 1. The van der Waals surface area contributed by atoms with Gasteiger partial charge >= 0.3 is 0 Å². The molecule has 1 N–H and O–H groups in total. The third-order valence-corrected chi connectivity index (χ3v) is 8.12. The molecular weight excluding hydrogens is 470 g/mol. The number of ketones is 1. The first-order valence-corrected chi connectivity index (χ1v) is 10.2. The first-order valence-electron chi connectivity index (χ1n) is 11.7. The molecule has 2 heterocycles. The van der Waals surface area contributed by atoms with Gasteiger partial charge in [-0.3, -0.25) is 4.79 Å². The number of aliphatic hydroxyl groups is 1. The maximum absolute atomic E-state index is 13.0. The van der Waals surface area contributed by atoms with Gasteiger partial charge in [-0.2, -0.15) is 0 Å². The molecule has 1 aromatic carbocycles. The van der Waals surface area contributed by atoms with Crippen molar-refractivity contribution >= 4 is 5.78 Å². The lowest BCUT2D eigenvalue weighted by Gasteiger charge is -2.64. The van der Waals surface area contributed by atoms with Crippen molar-refractivity contribution in [3.63, 3.8) is 0 Å². The van der Waals surface area contributed by atoms with Gasteiger partial charge in [0.05, 0.1) is 36.7 Å². The number of piperidine rings is 1. The Bertz CT molecular complexity index is 967. The van der Waals surface area contributed by atoms with Gasteiger partial charge in [-0.05, 0) is 30.9 Å². The summed E-state index contributed by atoms with van der Waals surface area (Å²) in [5.74, 6) is 1.56. The number of likely N-dealkylation sites (N-methyl/N-ethyl adjacent to an activating group) is 1. The maximum Gasteiger partial charge on any atom is 0.174 e. The summed E-state index contributed by atoms with van der Waals surface area (Å²) in [5.41, 5.74) is -0.257. The highest BCUT2D eigenvalue weighted by atomic mass is 127. The molecule has 152 valence electrons. The second-order valence-electron chi connectivity index (χ2n) is 9.34. The second-order valence-corrected chi connectivity index (χ2v) is 9.34. The minimum absolute atomic E-state index is 0. The lowest BCUT2D eigenvalue weighted by Crippen LogP contribution is -3.00. The molecule has 0 aromatic heterocycles. The highest BCUT2D eigenvalue weighted by Gasteiger charge is 2.76. The highest BCUT2D eigenvalue weighted by molar-refractivity contribution is 5.90. The number of rotatable bonds is 3. The predicted molar refractivity (Wildman–Crippen MR) is 99.0 cm³/mol. The Morgan fingerprint density at radius 3 is 2.93 bits per heavy atom. The standard InChI is InChI=1S/C22H28NO4.HI/c1-23(12-13-3-4-13)10-9-21-18-14-5-6-16(26-2)19(18)27-20(21)15(24)7-8-22(21,25)17(23)11-14;/h5-6,13,17,20,25H,3-4,7-12H2,1-2H3;1H/q+1;/p-1/t17-,20+,21+,22-,23?;/m1./s1/i1+1D3;. The third-order valence-electron chi connectivity index (χ3n) is 8.12. The molecular formula is C22H28INO4. The van der Waals surface area contributed by atoms with E-state index in [4.69, 9.17) is 13.6 Å². The van der Waals surface area contributed by atoms with E-state index in [1.54, 1.807) is 7.11 Å². The minimum Gasteiger partial charge on any atom is -1.00 e. The number of halogens is 1. The molecule has 5 atom stereocenters. The van der Waals surface area contributed by atoms with E-state index in [0.717, 1.165) is 24.0 Å². The van der Waals surface area contributed by atoms with Crippen LogP contribution in [0.4, 0.5) is 0 Å². The van der Waals surface area contributed by atoms with Crippen molar-refractivity contribution in [1.29, 1.82) is 0 Å². The van der Waals surface area contributed by atoms with Gasteiger partial charge in [-0.25, -0.2) is 0 Å². The topological polar surface area (TPSA) is 55.8 Å². The third kappa shape index (κ3) is 2.07. The number of ether oxygens (including phenoxy) is 2. The number of methoxy groups -OCH3 is 1. The number of quaternary nitrogens is 1. The fourth-order valence-corrected chi connectivity index (χ4v) is 6.75. The van der Waals surface area contributed by atoms with Crippen LogP contribution in [0.5, 0.6) is 11.5 Å². The van der Waals surface area contributed by atoms with E-state index >= 15 is 0 Å².